The maximum absolute atomic E-state index is 9.52. The molecule has 3 heteroatoms. The zero-order valence-electron chi connectivity index (χ0n) is 10.8. The molecular formula is C14H21NO2. The molecule has 1 heterocycles. The highest BCUT2D eigenvalue weighted by Crippen LogP contribution is 2.26. The maximum Gasteiger partial charge on any atom is 0.115 e. The van der Waals surface area contributed by atoms with E-state index in [-0.39, 0.29) is 12.2 Å². The Bertz CT molecular complexity index is 370. The lowest BCUT2D eigenvalue weighted by Crippen LogP contribution is -2.46. The first-order valence-electron chi connectivity index (χ1n) is 6.24. The molecule has 1 N–H and O–H groups in total. The summed E-state index contributed by atoms with van der Waals surface area (Å²) >= 11 is 0. The van der Waals surface area contributed by atoms with Crippen LogP contribution in [0.4, 0.5) is 0 Å². The van der Waals surface area contributed by atoms with E-state index in [9.17, 15) is 5.11 Å². The summed E-state index contributed by atoms with van der Waals surface area (Å²) in [6.07, 6.45) is 0.553. The summed E-state index contributed by atoms with van der Waals surface area (Å²) in [5.41, 5.74) is 1.16. The Hall–Kier alpha value is -1.06. The smallest absolute Gasteiger partial charge is 0.115 e. The van der Waals surface area contributed by atoms with Crippen LogP contribution in [0, 0.1) is 0 Å². The summed E-state index contributed by atoms with van der Waals surface area (Å²) in [6, 6.07) is 7.83. The molecule has 1 aromatic rings. The maximum atomic E-state index is 9.52. The van der Waals surface area contributed by atoms with E-state index < -0.39 is 0 Å². The number of rotatable bonds is 2. The summed E-state index contributed by atoms with van der Waals surface area (Å²) in [7, 11) is 0. The highest BCUT2D eigenvalue weighted by molar-refractivity contribution is 5.29. The number of ether oxygens (including phenoxy) is 1. The number of benzene rings is 1. The SMILES string of the molecule is CC1CN(C(C)c2cccc(O)c2)CC(C)O1. The molecule has 17 heavy (non-hydrogen) atoms. The van der Waals surface area contributed by atoms with Crippen LogP contribution in [-0.2, 0) is 4.74 Å². The number of phenols is 1. The Balaban J connectivity index is 2.11. The van der Waals surface area contributed by atoms with Crippen LogP contribution in [0.15, 0.2) is 24.3 Å². The molecule has 1 fully saturated rings. The standard InChI is InChI=1S/C14H21NO2/c1-10-8-15(9-11(2)17-10)12(3)13-5-4-6-14(16)7-13/h4-7,10-12,16H,8-9H2,1-3H3. The molecule has 0 amide bonds. The van der Waals surface area contributed by atoms with Gasteiger partial charge in [0.2, 0.25) is 0 Å². The molecule has 0 aromatic heterocycles. The molecule has 1 aromatic carbocycles. The second-order valence-electron chi connectivity index (χ2n) is 4.98. The van der Waals surface area contributed by atoms with Gasteiger partial charge in [0, 0.05) is 19.1 Å². The second-order valence-corrected chi connectivity index (χ2v) is 4.98. The summed E-state index contributed by atoms with van der Waals surface area (Å²) in [6.45, 7) is 8.29. The normalized spacial score (nSPS) is 27.9. The van der Waals surface area contributed by atoms with Gasteiger partial charge in [0.15, 0.2) is 0 Å². The predicted molar refractivity (Wildman–Crippen MR) is 68.1 cm³/mol. The molecule has 0 saturated carbocycles. The molecule has 1 aliphatic heterocycles. The van der Waals surface area contributed by atoms with Gasteiger partial charge in [-0.3, -0.25) is 4.90 Å². The van der Waals surface area contributed by atoms with Crippen molar-refractivity contribution >= 4 is 0 Å². The Kier molecular flexibility index (Phi) is 3.69. The summed E-state index contributed by atoms with van der Waals surface area (Å²) < 4.78 is 5.74. The van der Waals surface area contributed by atoms with Crippen molar-refractivity contribution in [3.8, 4) is 5.75 Å². The molecule has 0 aliphatic carbocycles. The van der Waals surface area contributed by atoms with Crippen LogP contribution in [0.2, 0.25) is 0 Å². The van der Waals surface area contributed by atoms with Gasteiger partial charge >= 0.3 is 0 Å². The fourth-order valence-electron chi connectivity index (χ4n) is 2.53. The Morgan fingerprint density at radius 3 is 2.53 bits per heavy atom. The number of hydrogen-bond acceptors (Lipinski definition) is 3. The fourth-order valence-corrected chi connectivity index (χ4v) is 2.53. The van der Waals surface area contributed by atoms with Gasteiger partial charge in [0.05, 0.1) is 12.2 Å². The van der Waals surface area contributed by atoms with Crippen LogP contribution < -0.4 is 0 Å². The first kappa shape index (κ1) is 12.4. The molecule has 3 unspecified atom stereocenters. The van der Waals surface area contributed by atoms with Crippen LogP contribution in [-0.4, -0.2) is 35.3 Å². The summed E-state index contributed by atoms with van der Waals surface area (Å²) in [5.74, 6) is 0.337. The van der Waals surface area contributed by atoms with Crippen molar-refractivity contribution in [3.63, 3.8) is 0 Å². The van der Waals surface area contributed by atoms with Gasteiger partial charge in [0.25, 0.3) is 0 Å². The lowest BCUT2D eigenvalue weighted by molar-refractivity contribution is -0.0789. The minimum absolute atomic E-state index is 0.276. The Labute approximate surface area is 103 Å². The average molecular weight is 235 g/mol. The molecule has 3 atom stereocenters. The number of phenolic OH excluding ortho intramolecular Hbond substituents is 1. The quantitative estimate of drug-likeness (QED) is 0.855. The zero-order valence-corrected chi connectivity index (χ0v) is 10.8. The molecule has 3 nitrogen and oxygen atoms in total. The molecular weight excluding hydrogens is 214 g/mol. The molecule has 1 saturated heterocycles. The van der Waals surface area contributed by atoms with Crippen LogP contribution in [0.25, 0.3) is 0 Å². The Morgan fingerprint density at radius 2 is 1.94 bits per heavy atom. The lowest BCUT2D eigenvalue weighted by atomic mass is 10.0. The van der Waals surface area contributed by atoms with E-state index in [1.165, 1.54) is 0 Å². The van der Waals surface area contributed by atoms with Crippen LogP contribution >= 0.6 is 0 Å². The van der Waals surface area contributed by atoms with Gasteiger partial charge in [-0.2, -0.15) is 0 Å². The number of morpholine rings is 1. The minimum Gasteiger partial charge on any atom is -0.508 e. The monoisotopic (exact) mass is 235 g/mol. The third-order valence-corrected chi connectivity index (χ3v) is 3.35. The van der Waals surface area contributed by atoms with Crippen molar-refractivity contribution < 1.29 is 9.84 Å². The third kappa shape index (κ3) is 2.99. The van der Waals surface area contributed by atoms with Crippen LogP contribution in [0.1, 0.15) is 32.4 Å². The van der Waals surface area contributed by atoms with Crippen LogP contribution in [0.5, 0.6) is 5.75 Å². The van der Waals surface area contributed by atoms with Crippen molar-refractivity contribution in [3.05, 3.63) is 29.8 Å². The van der Waals surface area contributed by atoms with Crippen molar-refractivity contribution in [1.29, 1.82) is 0 Å². The number of aromatic hydroxyl groups is 1. The van der Waals surface area contributed by atoms with Gasteiger partial charge in [0.1, 0.15) is 5.75 Å². The fraction of sp³-hybridized carbons (Fsp3) is 0.571. The lowest BCUT2D eigenvalue weighted by Gasteiger charge is -2.39. The van der Waals surface area contributed by atoms with Gasteiger partial charge < -0.3 is 9.84 Å². The minimum atomic E-state index is 0.276. The van der Waals surface area contributed by atoms with Gasteiger partial charge in [-0.05, 0) is 38.5 Å². The van der Waals surface area contributed by atoms with Crippen molar-refractivity contribution in [2.45, 2.75) is 39.0 Å². The topological polar surface area (TPSA) is 32.7 Å². The average Bonchev–Trinajstić information content (AvgIpc) is 2.26. The first-order valence-corrected chi connectivity index (χ1v) is 6.24. The van der Waals surface area contributed by atoms with Gasteiger partial charge in [-0.1, -0.05) is 12.1 Å². The molecule has 0 radical (unpaired) electrons. The predicted octanol–water partition coefficient (Wildman–Crippen LogP) is 2.56. The summed E-state index contributed by atoms with van der Waals surface area (Å²) in [4.78, 5) is 2.41. The van der Waals surface area contributed by atoms with E-state index in [0.717, 1.165) is 18.7 Å². The van der Waals surface area contributed by atoms with Crippen molar-refractivity contribution in [2.75, 3.05) is 13.1 Å². The second kappa shape index (κ2) is 5.07. The van der Waals surface area contributed by atoms with E-state index in [0.29, 0.717) is 11.8 Å². The molecule has 94 valence electrons. The van der Waals surface area contributed by atoms with E-state index in [1.807, 2.05) is 12.1 Å². The first-order chi connectivity index (χ1) is 8.06. The Morgan fingerprint density at radius 1 is 1.29 bits per heavy atom. The molecule has 1 aliphatic rings. The summed E-state index contributed by atoms with van der Waals surface area (Å²) in [5, 5.41) is 9.52. The van der Waals surface area contributed by atoms with Crippen molar-refractivity contribution in [1.82, 2.24) is 4.90 Å². The van der Waals surface area contributed by atoms with Gasteiger partial charge in [-0.15, -0.1) is 0 Å². The van der Waals surface area contributed by atoms with E-state index in [4.69, 9.17) is 4.74 Å². The van der Waals surface area contributed by atoms with E-state index in [2.05, 4.69) is 31.7 Å². The molecule has 0 bridgehead atoms. The zero-order chi connectivity index (χ0) is 12.4. The number of hydrogen-bond donors (Lipinski definition) is 1. The van der Waals surface area contributed by atoms with Crippen molar-refractivity contribution in [2.24, 2.45) is 0 Å². The largest absolute Gasteiger partial charge is 0.508 e. The molecule has 2 rings (SSSR count). The van der Waals surface area contributed by atoms with Gasteiger partial charge in [-0.25, -0.2) is 0 Å². The highest BCUT2D eigenvalue weighted by atomic mass is 16.5. The number of nitrogens with zero attached hydrogens (tertiary/aromatic N) is 1. The molecule has 0 spiro atoms. The van der Waals surface area contributed by atoms with E-state index >= 15 is 0 Å². The highest BCUT2D eigenvalue weighted by Gasteiger charge is 2.26. The van der Waals surface area contributed by atoms with Crippen LogP contribution in [0.3, 0.4) is 0 Å². The van der Waals surface area contributed by atoms with E-state index in [1.54, 1.807) is 6.07 Å². The third-order valence-electron chi connectivity index (χ3n) is 3.35.